The van der Waals surface area contributed by atoms with Crippen molar-refractivity contribution in [1.29, 1.82) is 5.26 Å². The van der Waals surface area contributed by atoms with Crippen LogP contribution in [0.4, 0.5) is 5.69 Å². The van der Waals surface area contributed by atoms with Gasteiger partial charge in [-0.15, -0.1) is 4.91 Å². The van der Waals surface area contributed by atoms with Gasteiger partial charge in [-0.1, -0.05) is 0 Å². The van der Waals surface area contributed by atoms with E-state index < -0.39 is 0 Å². The summed E-state index contributed by atoms with van der Waals surface area (Å²) in [5.41, 5.74) is 0.782. The van der Waals surface area contributed by atoms with Crippen molar-refractivity contribution < 1.29 is 0 Å². The Morgan fingerprint density at radius 3 is 2.82 bits per heavy atom. The van der Waals surface area contributed by atoms with E-state index in [1.54, 1.807) is 12.1 Å². The van der Waals surface area contributed by atoms with Crippen molar-refractivity contribution in [3.05, 3.63) is 32.2 Å². The monoisotopic (exact) mass is 258 g/mol. The van der Waals surface area contributed by atoms with Gasteiger partial charge in [-0.3, -0.25) is 0 Å². The molecule has 0 aliphatic rings. The molecule has 0 spiro atoms. The van der Waals surface area contributed by atoms with Crippen LogP contribution in [0.2, 0.25) is 0 Å². The molecule has 0 heterocycles. The van der Waals surface area contributed by atoms with Crippen molar-refractivity contribution >= 4 is 28.3 Å². The Hall–Kier alpha value is -0.960. The van der Waals surface area contributed by atoms with Crippen LogP contribution in [0.5, 0.6) is 0 Å². The molecule has 0 N–H and O–H groups in total. The van der Waals surface area contributed by atoms with Crippen LogP contribution in [0.1, 0.15) is 5.56 Å². The quantitative estimate of drug-likeness (QED) is 0.574. The largest absolute Gasteiger partial charge is 0.192 e. The van der Waals surface area contributed by atoms with Gasteiger partial charge in [-0.25, -0.2) is 0 Å². The van der Waals surface area contributed by atoms with Crippen molar-refractivity contribution in [2.24, 2.45) is 5.18 Å². The number of nitroso groups, excluding NO2 is 1. The molecule has 0 amide bonds. The zero-order chi connectivity index (χ0) is 8.27. The number of nitrogens with zero attached hydrogens (tertiary/aromatic N) is 2. The lowest BCUT2D eigenvalue weighted by Gasteiger charge is -1.92. The average Bonchev–Trinajstić information content (AvgIpc) is 2.05. The molecule has 0 unspecified atom stereocenters. The maximum Gasteiger partial charge on any atom is 0.109 e. The number of nitriles is 1. The summed E-state index contributed by atoms with van der Waals surface area (Å²) >= 11 is 2.03. The Bertz CT molecular complexity index is 330. The molecule has 3 nitrogen and oxygen atoms in total. The lowest BCUT2D eigenvalue weighted by Crippen LogP contribution is -1.78. The van der Waals surface area contributed by atoms with Crippen LogP contribution in [0, 0.1) is 19.8 Å². The number of hydrogen-bond acceptors (Lipinski definition) is 3. The van der Waals surface area contributed by atoms with Crippen LogP contribution < -0.4 is 0 Å². The molecule has 11 heavy (non-hydrogen) atoms. The van der Waals surface area contributed by atoms with Crippen molar-refractivity contribution in [2.45, 2.75) is 0 Å². The van der Waals surface area contributed by atoms with Crippen LogP contribution in [-0.4, -0.2) is 0 Å². The second kappa shape index (κ2) is 3.44. The Labute approximate surface area is 77.1 Å². The Morgan fingerprint density at radius 1 is 1.55 bits per heavy atom. The van der Waals surface area contributed by atoms with Crippen LogP contribution in [0.3, 0.4) is 0 Å². The Morgan fingerprint density at radius 2 is 2.27 bits per heavy atom. The average molecular weight is 258 g/mol. The highest BCUT2D eigenvalue weighted by molar-refractivity contribution is 14.1. The van der Waals surface area contributed by atoms with Crippen LogP contribution >= 0.6 is 22.6 Å². The van der Waals surface area contributed by atoms with Crippen molar-refractivity contribution in [3.8, 4) is 6.07 Å². The maximum absolute atomic E-state index is 10.0. The molecule has 1 rings (SSSR count). The first kappa shape index (κ1) is 8.14. The van der Waals surface area contributed by atoms with Crippen LogP contribution in [-0.2, 0) is 0 Å². The summed E-state index contributed by atoms with van der Waals surface area (Å²) in [6.45, 7) is 0. The Kier molecular flexibility index (Phi) is 2.54. The molecule has 0 saturated heterocycles. The fourth-order valence-electron chi connectivity index (χ4n) is 0.656. The van der Waals surface area contributed by atoms with Gasteiger partial charge in [0.25, 0.3) is 0 Å². The second-order valence-electron chi connectivity index (χ2n) is 1.87. The summed E-state index contributed by atoms with van der Waals surface area (Å²) in [5, 5.41) is 11.3. The van der Waals surface area contributed by atoms with E-state index in [4.69, 9.17) is 5.26 Å². The van der Waals surface area contributed by atoms with E-state index in [0.29, 0.717) is 11.3 Å². The topological polar surface area (TPSA) is 53.2 Å². The molecule has 0 bridgehead atoms. The van der Waals surface area contributed by atoms with Gasteiger partial charge in [0.1, 0.15) is 11.8 Å². The first-order valence-corrected chi connectivity index (χ1v) is 3.89. The number of hydrogen-bond donors (Lipinski definition) is 0. The van der Waals surface area contributed by atoms with Gasteiger partial charge in [-0.2, -0.15) is 5.26 Å². The minimum absolute atomic E-state index is 0.293. The standard InChI is InChI=1S/C7H3IN2O/c8-7-2-1-6(10-11)3-5(7)4-9/h1-3H. The molecule has 54 valence electrons. The van der Waals surface area contributed by atoms with E-state index in [-0.39, 0.29) is 0 Å². The van der Waals surface area contributed by atoms with Gasteiger partial charge < -0.3 is 0 Å². The van der Waals surface area contributed by atoms with Gasteiger partial charge in [0.15, 0.2) is 0 Å². The van der Waals surface area contributed by atoms with E-state index in [2.05, 4.69) is 5.18 Å². The Balaban J connectivity index is 3.25. The van der Waals surface area contributed by atoms with E-state index in [1.165, 1.54) is 6.07 Å². The molecular weight excluding hydrogens is 255 g/mol. The van der Waals surface area contributed by atoms with Gasteiger partial charge in [0.2, 0.25) is 0 Å². The summed E-state index contributed by atoms with van der Waals surface area (Å²) in [5.74, 6) is 0. The minimum Gasteiger partial charge on any atom is -0.192 e. The van der Waals surface area contributed by atoms with E-state index in [1.807, 2.05) is 28.7 Å². The fourth-order valence-corrected chi connectivity index (χ4v) is 1.11. The summed E-state index contributed by atoms with van der Waals surface area (Å²) in [4.78, 5) is 10.0. The van der Waals surface area contributed by atoms with Crippen LogP contribution in [0.15, 0.2) is 23.4 Å². The molecule has 1 aromatic rings. The zero-order valence-corrected chi connectivity index (χ0v) is 7.57. The van der Waals surface area contributed by atoms with Crippen molar-refractivity contribution in [3.63, 3.8) is 0 Å². The number of rotatable bonds is 1. The molecule has 0 saturated carbocycles. The zero-order valence-electron chi connectivity index (χ0n) is 5.41. The van der Waals surface area contributed by atoms with Gasteiger partial charge >= 0.3 is 0 Å². The molecule has 0 aromatic heterocycles. The first-order valence-electron chi connectivity index (χ1n) is 2.81. The summed E-state index contributed by atoms with van der Waals surface area (Å²) in [6, 6.07) is 6.70. The smallest absolute Gasteiger partial charge is 0.109 e. The van der Waals surface area contributed by atoms with Gasteiger partial charge in [0.05, 0.1) is 5.56 Å². The SMILES string of the molecule is N#Cc1cc(N=O)ccc1I. The van der Waals surface area contributed by atoms with E-state index in [9.17, 15) is 4.91 Å². The van der Waals surface area contributed by atoms with E-state index >= 15 is 0 Å². The number of halogens is 1. The second-order valence-corrected chi connectivity index (χ2v) is 3.03. The molecule has 1 aromatic carbocycles. The highest BCUT2D eigenvalue weighted by atomic mass is 127. The third-order valence-electron chi connectivity index (χ3n) is 1.18. The molecule has 4 heteroatoms. The first-order chi connectivity index (χ1) is 5.27. The van der Waals surface area contributed by atoms with Crippen molar-refractivity contribution in [1.82, 2.24) is 0 Å². The molecular formula is C7H3IN2O. The maximum atomic E-state index is 10.0. The number of benzene rings is 1. The predicted molar refractivity (Wildman–Crippen MR) is 49.3 cm³/mol. The summed E-state index contributed by atoms with van der Waals surface area (Å²) < 4.78 is 0.831. The molecule has 0 fully saturated rings. The molecule has 0 aliphatic heterocycles. The molecule has 0 radical (unpaired) electrons. The third-order valence-corrected chi connectivity index (χ3v) is 2.12. The predicted octanol–water partition coefficient (Wildman–Crippen LogP) is 2.56. The lowest BCUT2D eigenvalue weighted by atomic mass is 10.2. The van der Waals surface area contributed by atoms with Gasteiger partial charge in [0, 0.05) is 3.57 Å². The fraction of sp³-hybridized carbons (Fsp3) is 0. The summed E-state index contributed by atoms with van der Waals surface area (Å²) in [7, 11) is 0. The van der Waals surface area contributed by atoms with Gasteiger partial charge in [-0.05, 0) is 46.0 Å². The summed E-state index contributed by atoms with van der Waals surface area (Å²) in [6.07, 6.45) is 0. The lowest BCUT2D eigenvalue weighted by molar-refractivity contribution is 1.42. The molecule has 0 atom stereocenters. The van der Waals surface area contributed by atoms with Crippen LogP contribution in [0.25, 0.3) is 0 Å². The highest BCUT2D eigenvalue weighted by Gasteiger charge is 1.99. The normalized spacial score (nSPS) is 8.73. The highest BCUT2D eigenvalue weighted by Crippen LogP contribution is 2.18. The van der Waals surface area contributed by atoms with Crippen molar-refractivity contribution in [2.75, 3.05) is 0 Å². The van der Waals surface area contributed by atoms with E-state index in [0.717, 1.165) is 3.57 Å². The third kappa shape index (κ3) is 1.74. The minimum atomic E-state index is 0.293. The molecule has 0 aliphatic carbocycles.